The van der Waals surface area contributed by atoms with Crippen LogP contribution in [0.4, 0.5) is 35.2 Å². The average molecular weight is 852 g/mol. The third-order valence-corrected chi connectivity index (χ3v) is 8.93. The fourth-order valence-corrected chi connectivity index (χ4v) is 6.30. The predicted octanol–water partition coefficient (Wildman–Crippen LogP) is -4.67. The van der Waals surface area contributed by atoms with Crippen molar-refractivity contribution < 1.29 is 108 Å². The number of hydrogen-bond acceptors (Lipinski definition) is 18. The number of aliphatic hydroxyl groups is 4. The van der Waals surface area contributed by atoms with E-state index in [1.165, 1.54) is 46.2 Å². The van der Waals surface area contributed by atoms with Gasteiger partial charge in [-0.25, -0.2) is 0 Å². The molecule has 54 heavy (non-hydrogen) atoms. The van der Waals surface area contributed by atoms with Crippen LogP contribution in [0.5, 0.6) is 0 Å². The van der Waals surface area contributed by atoms with Gasteiger partial charge in [0.1, 0.15) is 9.79 Å². The molecule has 0 spiro atoms. The Morgan fingerprint density at radius 1 is 0.593 bits per heavy atom. The van der Waals surface area contributed by atoms with Crippen LogP contribution < -0.4 is 79.5 Å². The van der Waals surface area contributed by atoms with Crippen molar-refractivity contribution in [3.8, 4) is 0 Å². The molecule has 4 rings (SSSR count). The van der Waals surface area contributed by atoms with Crippen molar-refractivity contribution in [2.24, 2.45) is 0 Å². The summed E-state index contributed by atoms with van der Waals surface area (Å²) in [5.41, 5.74) is 0.0111. The molecule has 0 radical (unpaired) electrons. The molecule has 0 unspecified atom stereocenters. The molecular formula is C28H34Cl2N10Na2O10S2. The van der Waals surface area contributed by atoms with E-state index in [-0.39, 0.29) is 171 Å². The molecule has 0 aliphatic rings. The minimum Gasteiger partial charge on any atom is -1.00 e. The standard InChI is InChI=1S/C28H32Cl2N10O10S2.2Na.2H/c29-23-33-25(37-27(35-23)39(7-11-41)8-12-42)31-19-5-3-17(21(15-19)51(45,46)47)1-2-18-4-6-20(16-22(18)52(48,49)50)32-26-34-24(30)36-28(38-26)40(9-13-43)10-14-44;;;;/h1-6,15-16,41-44H,7-14H2,(H,45,46,47)(H,48,49,50)(H,31,33,35,37)(H,32,34,36,38);;;;/q;2*+1;2*-1/b2-1+;;;;. The van der Waals surface area contributed by atoms with Crippen LogP contribution in [0.25, 0.3) is 12.2 Å². The summed E-state index contributed by atoms with van der Waals surface area (Å²) in [4.78, 5) is 25.9. The second-order valence-electron chi connectivity index (χ2n) is 10.4. The van der Waals surface area contributed by atoms with Crippen LogP contribution >= 0.6 is 23.2 Å². The Morgan fingerprint density at radius 3 is 1.22 bits per heavy atom. The van der Waals surface area contributed by atoms with Crippen molar-refractivity contribution in [2.75, 3.05) is 73.0 Å². The fraction of sp³-hybridized carbons (Fsp3) is 0.286. The number of halogens is 2. The Bertz CT molecular complexity index is 2000. The van der Waals surface area contributed by atoms with Gasteiger partial charge in [0.15, 0.2) is 0 Å². The molecule has 0 atom stereocenters. The van der Waals surface area contributed by atoms with E-state index in [2.05, 4.69) is 40.5 Å². The molecule has 0 saturated carbocycles. The maximum atomic E-state index is 12.4. The first-order valence-electron chi connectivity index (χ1n) is 14.9. The molecule has 0 fully saturated rings. The molecule has 2 aromatic heterocycles. The first-order chi connectivity index (χ1) is 24.6. The maximum Gasteiger partial charge on any atom is 1.00 e. The Kier molecular flexibility index (Phi) is 19.3. The van der Waals surface area contributed by atoms with E-state index < -0.39 is 30.0 Å². The van der Waals surface area contributed by atoms with Crippen LogP contribution in [0.1, 0.15) is 14.0 Å². The van der Waals surface area contributed by atoms with Crippen LogP contribution in [0.15, 0.2) is 46.2 Å². The summed E-state index contributed by atoms with van der Waals surface area (Å²) in [6.45, 7) is -0.836. The molecule has 284 valence electrons. The van der Waals surface area contributed by atoms with Gasteiger partial charge in [-0.3, -0.25) is 9.11 Å². The molecule has 0 bridgehead atoms. The van der Waals surface area contributed by atoms with Crippen molar-refractivity contribution in [1.29, 1.82) is 0 Å². The van der Waals surface area contributed by atoms with Crippen LogP contribution in [0.2, 0.25) is 10.6 Å². The van der Waals surface area contributed by atoms with Gasteiger partial charge in [0, 0.05) is 37.6 Å². The van der Waals surface area contributed by atoms with Crippen molar-refractivity contribution in [2.45, 2.75) is 9.79 Å². The van der Waals surface area contributed by atoms with Crippen molar-refractivity contribution in [3.05, 3.63) is 58.1 Å². The normalized spacial score (nSPS) is 11.5. The summed E-state index contributed by atoms with van der Waals surface area (Å²) in [7, 11) is -9.74. The zero-order chi connectivity index (χ0) is 38.1. The summed E-state index contributed by atoms with van der Waals surface area (Å²) in [5, 5.41) is 42.3. The summed E-state index contributed by atoms with van der Waals surface area (Å²) >= 11 is 12.1. The first-order valence-corrected chi connectivity index (χ1v) is 18.5. The Hall–Kier alpha value is -2.36. The van der Waals surface area contributed by atoms with Crippen LogP contribution in [0, 0.1) is 0 Å². The monoisotopic (exact) mass is 850 g/mol. The van der Waals surface area contributed by atoms with E-state index in [1.54, 1.807) is 0 Å². The van der Waals surface area contributed by atoms with Crippen LogP contribution in [-0.2, 0) is 20.2 Å². The smallest absolute Gasteiger partial charge is 1.00 e. The minimum atomic E-state index is -4.87. The number of rotatable bonds is 18. The van der Waals surface area contributed by atoms with E-state index in [1.807, 2.05) is 0 Å². The molecule has 20 nitrogen and oxygen atoms in total. The third-order valence-electron chi connectivity index (χ3n) is 6.78. The van der Waals surface area contributed by atoms with E-state index in [0.29, 0.717) is 0 Å². The predicted molar refractivity (Wildman–Crippen MR) is 193 cm³/mol. The number of anilines is 6. The van der Waals surface area contributed by atoms with Gasteiger partial charge in [0.2, 0.25) is 34.4 Å². The van der Waals surface area contributed by atoms with Crippen LogP contribution in [0.3, 0.4) is 0 Å². The SMILES string of the molecule is O=S(=O)(O)c1cc(Nc2nc(Cl)nc(N(CCO)CCO)n2)ccc1/C=C/c1ccc(Nc2nc(Cl)nc(N(CCO)CCO)n2)cc1S(=O)(=O)O.[H-].[H-].[Na+].[Na+]. The number of nitrogens with zero attached hydrogens (tertiary/aromatic N) is 8. The van der Waals surface area contributed by atoms with Crippen molar-refractivity contribution in [1.82, 2.24) is 29.9 Å². The van der Waals surface area contributed by atoms with Crippen molar-refractivity contribution >= 4 is 90.8 Å². The number of hydrogen-bond donors (Lipinski definition) is 8. The molecule has 4 aromatic rings. The van der Waals surface area contributed by atoms with E-state index in [0.717, 1.165) is 12.1 Å². The summed E-state index contributed by atoms with van der Waals surface area (Å²) < 4.78 is 69.6. The van der Waals surface area contributed by atoms with Gasteiger partial charge < -0.3 is 43.7 Å². The van der Waals surface area contributed by atoms with Gasteiger partial charge >= 0.3 is 59.1 Å². The average Bonchev–Trinajstić information content (AvgIpc) is 3.06. The molecule has 0 amide bonds. The van der Waals surface area contributed by atoms with Gasteiger partial charge in [-0.2, -0.15) is 46.7 Å². The van der Waals surface area contributed by atoms with Crippen LogP contribution in [-0.4, -0.2) is 129 Å². The molecule has 0 saturated heterocycles. The van der Waals surface area contributed by atoms with Gasteiger partial charge in [-0.1, -0.05) is 24.3 Å². The zero-order valence-corrected chi connectivity index (χ0v) is 35.9. The number of aromatic nitrogens is 6. The topological polar surface area (TPSA) is 298 Å². The number of nitrogens with one attached hydrogen (secondary N) is 2. The van der Waals surface area contributed by atoms with E-state index in [4.69, 9.17) is 23.2 Å². The molecular weight excluding hydrogens is 817 g/mol. The van der Waals surface area contributed by atoms with Gasteiger partial charge in [0.25, 0.3) is 20.2 Å². The van der Waals surface area contributed by atoms with E-state index >= 15 is 0 Å². The van der Waals surface area contributed by atoms with Gasteiger partial charge in [-0.15, -0.1) is 0 Å². The Morgan fingerprint density at radius 2 is 0.926 bits per heavy atom. The molecule has 0 aliphatic heterocycles. The molecule has 0 aliphatic carbocycles. The second-order valence-corrected chi connectivity index (χ2v) is 13.8. The summed E-state index contributed by atoms with van der Waals surface area (Å²) in [6.07, 6.45) is 2.39. The number of benzene rings is 2. The fourth-order valence-electron chi connectivity index (χ4n) is 4.56. The second kappa shape index (κ2) is 21.8. The van der Waals surface area contributed by atoms with Crippen molar-refractivity contribution in [3.63, 3.8) is 0 Å². The third kappa shape index (κ3) is 13.7. The molecule has 8 N–H and O–H groups in total. The summed E-state index contributed by atoms with van der Waals surface area (Å²) in [6, 6.07) is 7.49. The largest absolute Gasteiger partial charge is 1.00 e. The molecule has 26 heteroatoms. The van der Waals surface area contributed by atoms with Gasteiger partial charge in [-0.05, 0) is 58.6 Å². The minimum absolute atomic E-state index is 0. The Labute approximate surface area is 366 Å². The van der Waals surface area contributed by atoms with E-state index in [9.17, 15) is 46.4 Å². The maximum absolute atomic E-state index is 12.4. The summed E-state index contributed by atoms with van der Waals surface area (Å²) in [5.74, 6) is -0.230. The zero-order valence-electron chi connectivity index (χ0n) is 30.7. The Balaban J connectivity index is 0.00000756. The quantitative estimate of drug-likeness (QED) is 0.0265. The first kappa shape index (κ1) is 47.8. The molecule has 2 aromatic carbocycles. The molecule has 2 heterocycles. The van der Waals surface area contributed by atoms with Gasteiger partial charge in [0.05, 0.1) is 26.4 Å². The number of aliphatic hydroxyl groups excluding tert-OH is 4.